The van der Waals surface area contributed by atoms with Crippen LogP contribution >= 0.6 is 11.6 Å². The van der Waals surface area contributed by atoms with Gasteiger partial charge in [-0.05, 0) is 29.5 Å². The van der Waals surface area contributed by atoms with E-state index in [1.54, 1.807) is 6.07 Å². The number of carbonyl (C=O) groups excluding carboxylic acids is 3. The third kappa shape index (κ3) is 6.95. The minimum atomic E-state index is -4.16. The number of hydrogen-bond donors (Lipinski definition) is 3. The maximum atomic E-state index is 13.9. The van der Waals surface area contributed by atoms with Crippen LogP contribution in [0.1, 0.15) is 80.3 Å². The van der Waals surface area contributed by atoms with Crippen LogP contribution in [0.15, 0.2) is 36.5 Å². The normalized spacial score (nSPS) is 14.9. The number of pyridine rings is 1. The summed E-state index contributed by atoms with van der Waals surface area (Å²) in [5.41, 5.74) is 0.576. The topological polar surface area (TPSA) is 138 Å². The first-order valence-corrected chi connectivity index (χ1v) is 14.9. The Morgan fingerprint density at radius 1 is 1.13 bits per heavy atom. The lowest BCUT2D eigenvalue weighted by Crippen LogP contribution is -2.68. The minimum Gasteiger partial charge on any atom is -0.355 e. The second-order valence-electron chi connectivity index (χ2n) is 10.0. The zero-order valence-corrected chi connectivity index (χ0v) is 24.3. The fourth-order valence-electron chi connectivity index (χ4n) is 4.66. The van der Waals surface area contributed by atoms with Crippen LogP contribution in [0.3, 0.4) is 0 Å². The zero-order valence-electron chi connectivity index (χ0n) is 22.7. The van der Waals surface area contributed by atoms with Gasteiger partial charge in [-0.15, -0.1) is 0 Å². The number of anilines is 1. The fourth-order valence-corrected chi connectivity index (χ4v) is 6.12. The van der Waals surface area contributed by atoms with Gasteiger partial charge in [0.05, 0.1) is 17.4 Å². The first-order chi connectivity index (χ1) is 18.4. The highest BCUT2D eigenvalue weighted by atomic mass is 35.5. The zero-order chi connectivity index (χ0) is 28.8. The molecule has 2 aromatic rings. The maximum Gasteiger partial charge on any atom is 0.303 e. The Morgan fingerprint density at radius 2 is 1.82 bits per heavy atom. The Hall–Kier alpha value is -3.02. The van der Waals surface area contributed by atoms with Crippen LogP contribution in [0.4, 0.5) is 5.69 Å². The van der Waals surface area contributed by atoms with Gasteiger partial charge < -0.3 is 10.6 Å². The smallest absolute Gasteiger partial charge is 0.303 e. The van der Waals surface area contributed by atoms with Crippen LogP contribution in [0, 0.1) is 0 Å². The Labute approximate surface area is 235 Å². The third-order valence-corrected chi connectivity index (χ3v) is 8.49. The molecular weight excluding hydrogens is 542 g/mol. The molecular formula is C27H36ClN5O5S. The number of amides is 3. The molecule has 1 fully saturated rings. The number of rotatable bonds is 12. The van der Waals surface area contributed by atoms with Crippen molar-refractivity contribution in [2.45, 2.75) is 64.2 Å². The number of carbonyl (C=O) groups is 3. The molecule has 1 saturated heterocycles. The summed E-state index contributed by atoms with van der Waals surface area (Å²) >= 11 is 5.98. The Bertz CT molecular complexity index is 1330. The van der Waals surface area contributed by atoms with E-state index < -0.39 is 33.3 Å². The van der Waals surface area contributed by atoms with Crippen LogP contribution in [0.5, 0.6) is 0 Å². The van der Waals surface area contributed by atoms with Gasteiger partial charge in [-0.25, -0.2) is 9.71 Å². The Kier molecular flexibility index (Phi) is 10.1. The fraction of sp³-hybridized carbons (Fsp3) is 0.481. The average Bonchev–Trinajstić information content (AvgIpc) is 2.86. The summed E-state index contributed by atoms with van der Waals surface area (Å²) in [5.74, 6) is -1.48. The van der Waals surface area contributed by atoms with Gasteiger partial charge in [0.25, 0.3) is 5.91 Å². The van der Waals surface area contributed by atoms with Gasteiger partial charge in [-0.1, -0.05) is 75.9 Å². The van der Waals surface area contributed by atoms with E-state index in [9.17, 15) is 22.8 Å². The molecule has 1 aliphatic heterocycles. The standard InChI is InChI=1S/C27H36ClN5O5S/c1-5-6-7-8-13-24(34)32-39(37,38)33-16-27(17-33,21-12-10-9-11-19(21)18(2)3)26(36)31-22-15-30-23(28)14-20(22)25(35)29-4/h9-12,14-15,18H,5-8,13,16-17H2,1-4H3,(H,29,35)(H,31,36)(H,32,34). The van der Waals surface area contributed by atoms with Crippen molar-refractivity contribution >= 4 is 45.2 Å². The first-order valence-electron chi connectivity index (χ1n) is 13.0. The maximum absolute atomic E-state index is 13.9. The van der Waals surface area contributed by atoms with Crippen molar-refractivity contribution in [3.8, 4) is 0 Å². The molecule has 212 valence electrons. The highest BCUT2D eigenvalue weighted by Crippen LogP contribution is 2.41. The van der Waals surface area contributed by atoms with Gasteiger partial charge in [0.2, 0.25) is 11.8 Å². The van der Waals surface area contributed by atoms with Gasteiger partial charge in [0.15, 0.2) is 0 Å². The molecule has 1 aromatic carbocycles. The lowest BCUT2D eigenvalue weighted by Gasteiger charge is -2.48. The highest BCUT2D eigenvalue weighted by molar-refractivity contribution is 7.87. The van der Waals surface area contributed by atoms with Crippen LogP contribution < -0.4 is 15.4 Å². The molecule has 0 radical (unpaired) electrons. The molecule has 0 bridgehead atoms. The third-order valence-electron chi connectivity index (χ3n) is 6.86. The Balaban J connectivity index is 1.91. The number of aromatic nitrogens is 1. The molecule has 1 aliphatic rings. The number of nitrogens with one attached hydrogen (secondary N) is 3. The van der Waals surface area contributed by atoms with Gasteiger partial charge in [-0.3, -0.25) is 14.4 Å². The van der Waals surface area contributed by atoms with Gasteiger partial charge in [0.1, 0.15) is 10.6 Å². The predicted molar refractivity (Wildman–Crippen MR) is 151 cm³/mol. The molecule has 1 aromatic heterocycles. The molecule has 12 heteroatoms. The molecule has 39 heavy (non-hydrogen) atoms. The number of nitrogens with zero attached hydrogens (tertiary/aromatic N) is 2. The molecule has 0 saturated carbocycles. The van der Waals surface area contributed by atoms with Gasteiger partial charge >= 0.3 is 10.2 Å². The van der Waals surface area contributed by atoms with E-state index >= 15 is 0 Å². The van der Waals surface area contributed by atoms with E-state index in [0.717, 1.165) is 29.1 Å². The molecule has 0 spiro atoms. The first kappa shape index (κ1) is 30.5. The number of benzene rings is 1. The van der Waals surface area contributed by atoms with E-state index in [1.807, 2.05) is 32.0 Å². The summed E-state index contributed by atoms with van der Waals surface area (Å²) in [7, 11) is -2.70. The summed E-state index contributed by atoms with van der Waals surface area (Å²) in [6.45, 7) is 5.66. The van der Waals surface area contributed by atoms with Gasteiger partial charge in [0, 0.05) is 26.6 Å². The van der Waals surface area contributed by atoms with Crippen molar-refractivity contribution < 1.29 is 22.8 Å². The second-order valence-corrected chi connectivity index (χ2v) is 12.1. The van der Waals surface area contributed by atoms with Crippen LogP contribution in [0.25, 0.3) is 0 Å². The molecule has 0 aliphatic carbocycles. The highest BCUT2D eigenvalue weighted by Gasteiger charge is 2.55. The van der Waals surface area contributed by atoms with E-state index in [0.29, 0.717) is 12.0 Å². The van der Waals surface area contributed by atoms with E-state index in [4.69, 9.17) is 11.6 Å². The molecule has 3 amide bonds. The van der Waals surface area contributed by atoms with E-state index in [1.165, 1.54) is 19.3 Å². The molecule has 0 unspecified atom stereocenters. The van der Waals surface area contributed by atoms with Crippen LogP contribution in [-0.4, -0.2) is 55.6 Å². The summed E-state index contributed by atoms with van der Waals surface area (Å²) < 4.78 is 29.3. The van der Waals surface area contributed by atoms with Crippen molar-refractivity contribution in [3.05, 3.63) is 58.4 Å². The van der Waals surface area contributed by atoms with Crippen molar-refractivity contribution in [1.29, 1.82) is 0 Å². The van der Waals surface area contributed by atoms with Crippen LogP contribution in [-0.2, 0) is 25.2 Å². The SMILES string of the molecule is CCCCCCC(=O)NS(=O)(=O)N1CC(C(=O)Nc2cnc(Cl)cc2C(=O)NC)(c2ccccc2C(C)C)C1. The molecule has 10 nitrogen and oxygen atoms in total. The molecule has 3 rings (SSSR count). The van der Waals surface area contributed by atoms with E-state index in [2.05, 4.69) is 27.3 Å². The molecule has 0 atom stereocenters. The van der Waals surface area contributed by atoms with Crippen LogP contribution in [0.2, 0.25) is 5.15 Å². The molecule has 3 N–H and O–H groups in total. The average molecular weight is 578 g/mol. The van der Waals surface area contributed by atoms with Crippen molar-refractivity contribution in [1.82, 2.24) is 19.3 Å². The second kappa shape index (κ2) is 12.9. The molecule has 2 heterocycles. The largest absolute Gasteiger partial charge is 0.355 e. The van der Waals surface area contributed by atoms with Crippen molar-refractivity contribution in [2.24, 2.45) is 0 Å². The lowest BCUT2D eigenvalue weighted by atomic mass is 9.71. The lowest BCUT2D eigenvalue weighted by molar-refractivity contribution is -0.125. The summed E-state index contributed by atoms with van der Waals surface area (Å²) in [5, 5.41) is 5.37. The van der Waals surface area contributed by atoms with Crippen molar-refractivity contribution in [2.75, 3.05) is 25.5 Å². The summed E-state index contributed by atoms with van der Waals surface area (Å²) in [6.07, 6.45) is 4.84. The predicted octanol–water partition coefficient (Wildman–Crippen LogP) is 3.74. The van der Waals surface area contributed by atoms with E-state index in [-0.39, 0.29) is 41.8 Å². The Morgan fingerprint density at radius 3 is 2.46 bits per heavy atom. The monoisotopic (exact) mass is 577 g/mol. The number of hydrogen-bond acceptors (Lipinski definition) is 6. The minimum absolute atomic E-state index is 0.0537. The summed E-state index contributed by atoms with van der Waals surface area (Å²) in [6, 6.07) is 8.72. The number of unbranched alkanes of at least 4 members (excludes halogenated alkanes) is 3. The number of halogens is 1. The van der Waals surface area contributed by atoms with Crippen molar-refractivity contribution in [3.63, 3.8) is 0 Å². The quantitative estimate of drug-likeness (QED) is 0.259. The van der Waals surface area contributed by atoms with Gasteiger partial charge in [-0.2, -0.15) is 12.7 Å². The summed E-state index contributed by atoms with van der Waals surface area (Å²) in [4.78, 5) is 42.7.